The van der Waals surface area contributed by atoms with E-state index < -0.39 is 16.5 Å². The fourth-order valence-electron chi connectivity index (χ4n) is 2.59. The molecule has 3 aromatic rings. The van der Waals surface area contributed by atoms with Crippen molar-refractivity contribution in [3.63, 3.8) is 0 Å². The molecule has 0 spiro atoms. The van der Waals surface area contributed by atoms with Gasteiger partial charge in [-0.05, 0) is 61.4 Å². The highest BCUT2D eigenvalue weighted by Gasteiger charge is 2.25. The van der Waals surface area contributed by atoms with Crippen LogP contribution in [0.25, 0.3) is 0 Å². The third kappa shape index (κ3) is 5.05. The van der Waals surface area contributed by atoms with E-state index in [0.29, 0.717) is 11.3 Å². The molecule has 9 nitrogen and oxygen atoms in total. The van der Waals surface area contributed by atoms with Crippen molar-refractivity contribution in [3.8, 4) is 11.6 Å². The molecule has 29 heavy (non-hydrogen) atoms. The van der Waals surface area contributed by atoms with Crippen molar-refractivity contribution in [1.82, 2.24) is 15.4 Å². The van der Waals surface area contributed by atoms with Crippen molar-refractivity contribution >= 4 is 33.3 Å². The van der Waals surface area contributed by atoms with E-state index in [1.54, 1.807) is 36.4 Å². The monoisotopic (exact) mass is 457 g/mol. The molecule has 3 rings (SSSR count). The number of carbonyl (C=O) groups excluding carboxylic acids is 1. The van der Waals surface area contributed by atoms with Crippen LogP contribution in [0.4, 0.5) is 11.5 Å². The van der Waals surface area contributed by atoms with Crippen molar-refractivity contribution in [2.45, 2.75) is 13.8 Å². The summed E-state index contributed by atoms with van der Waals surface area (Å²) < 4.78 is 6.45. The number of rotatable bonds is 6. The summed E-state index contributed by atoms with van der Waals surface area (Å²) in [5.41, 5.74) is 6.61. The molecule has 0 aliphatic rings. The van der Waals surface area contributed by atoms with E-state index in [-0.39, 0.29) is 11.7 Å². The standard InChI is InChI=1S/C19H16BrN5O4/c1-11-7-12(2)9-15(8-11)29-19-16(25(27)28)17(21-10-22-19)23-24-18(26)13-3-5-14(20)6-4-13/h3-10H,1-2H3,(H,24,26)(H,21,22,23). The summed E-state index contributed by atoms with van der Waals surface area (Å²) in [6, 6.07) is 12.0. The van der Waals surface area contributed by atoms with Gasteiger partial charge in [-0.2, -0.15) is 4.98 Å². The summed E-state index contributed by atoms with van der Waals surface area (Å²) in [6.07, 6.45) is 1.11. The number of hydrogen-bond acceptors (Lipinski definition) is 7. The molecule has 0 saturated carbocycles. The van der Waals surface area contributed by atoms with Crippen LogP contribution in [0.2, 0.25) is 0 Å². The molecule has 1 amide bonds. The lowest BCUT2D eigenvalue weighted by atomic mass is 10.1. The predicted molar refractivity (Wildman–Crippen MR) is 110 cm³/mol. The highest BCUT2D eigenvalue weighted by atomic mass is 79.9. The number of aryl methyl sites for hydroxylation is 2. The maximum atomic E-state index is 12.2. The second-order valence-electron chi connectivity index (χ2n) is 6.14. The van der Waals surface area contributed by atoms with E-state index in [2.05, 4.69) is 36.7 Å². The average molecular weight is 458 g/mol. The van der Waals surface area contributed by atoms with Crippen LogP contribution in [0.5, 0.6) is 11.6 Å². The maximum absolute atomic E-state index is 12.2. The van der Waals surface area contributed by atoms with Crippen LogP contribution in [0.1, 0.15) is 21.5 Å². The van der Waals surface area contributed by atoms with E-state index in [1.807, 2.05) is 19.9 Å². The summed E-state index contributed by atoms with van der Waals surface area (Å²) in [5, 5.41) is 11.6. The number of amides is 1. The van der Waals surface area contributed by atoms with Crippen LogP contribution in [0, 0.1) is 24.0 Å². The predicted octanol–water partition coefficient (Wildman–Crippen LogP) is 4.31. The minimum Gasteiger partial charge on any atom is -0.434 e. The van der Waals surface area contributed by atoms with Crippen molar-refractivity contribution in [2.24, 2.45) is 0 Å². The van der Waals surface area contributed by atoms with Crippen molar-refractivity contribution in [1.29, 1.82) is 0 Å². The Hall–Kier alpha value is -3.53. The molecular weight excluding hydrogens is 442 g/mol. The first-order chi connectivity index (χ1) is 13.8. The van der Waals surface area contributed by atoms with Crippen LogP contribution in [0.3, 0.4) is 0 Å². The second-order valence-corrected chi connectivity index (χ2v) is 7.06. The molecule has 0 atom stereocenters. The van der Waals surface area contributed by atoms with Crippen LogP contribution in [0.15, 0.2) is 53.3 Å². The van der Waals surface area contributed by atoms with E-state index in [4.69, 9.17) is 4.74 Å². The van der Waals surface area contributed by atoms with Crippen LogP contribution in [-0.2, 0) is 0 Å². The van der Waals surface area contributed by atoms with Gasteiger partial charge in [0.1, 0.15) is 12.1 Å². The molecule has 2 N–H and O–H groups in total. The lowest BCUT2D eigenvalue weighted by Crippen LogP contribution is -2.30. The Labute approximate surface area is 174 Å². The zero-order valence-corrected chi connectivity index (χ0v) is 17.1. The normalized spacial score (nSPS) is 10.3. The quantitative estimate of drug-likeness (QED) is 0.417. The Kier molecular flexibility index (Phi) is 6.03. The lowest BCUT2D eigenvalue weighted by Gasteiger charge is -2.11. The fourth-order valence-corrected chi connectivity index (χ4v) is 2.85. The minimum absolute atomic E-state index is 0.199. The summed E-state index contributed by atoms with van der Waals surface area (Å²) in [7, 11) is 0. The zero-order valence-electron chi connectivity index (χ0n) is 15.5. The van der Waals surface area contributed by atoms with Gasteiger partial charge < -0.3 is 4.74 Å². The lowest BCUT2D eigenvalue weighted by molar-refractivity contribution is -0.385. The Balaban J connectivity index is 1.83. The Morgan fingerprint density at radius 3 is 2.38 bits per heavy atom. The summed E-state index contributed by atoms with van der Waals surface area (Å²) in [6.45, 7) is 3.78. The summed E-state index contributed by atoms with van der Waals surface area (Å²) in [4.78, 5) is 30.9. The van der Waals surface area contributed by atoms with Crippen LogP contribution >= 0.6 is 15.9 Å². The molecule has 0 bridgehead atoms. The van der Waals surface area contributed by atoms with Gasteiger partial charge in [0, 0.05) is 10.0 Å². The van der Waals surface area contributed by atoms with Gasteiger partial charge in [-0.3, -0.25) is 25.8 Å². The molecule has 1 heterocycles. The van der Waals surface area contributed by atoms with Crippen LogP contribution < -0.4 is 15.6 Å². The van der Waals surface area contributed by atoms with Crippen LogP contribution in [-0.4, -0.2) is 20.8 Å². The fraction of sp³-hybridized carbons (Fsp3) is 0.105. The molecule has 0 aliphatic carbocycles. The van der Waals surface area contributed by atoms with Gasteiger partial charge >= 0.3 is 11.6 Å². The maximum Gasteiger partial charge on any atom is 0.374 e. The first-order valence-electron chi connectivity index (χ1n) is 8.41. The van der Waals surface area contributed by atoms with Gasteiger partial charge in [-0.15, -0.1) is 0 Å². The highest BCUT2D eigenvalue weighted by molar-refractivity contribution is 9.10. The molecular formula is C19H16BrN5O4. The Morgan fingerprint density at radius 1 is 1.10 bits per heavy atom. The Bertz CT molecular complexity index is 1050. The number of hydrogen-bond donors (Lipinski definition) is 2. The largest absolute Gasteiger partial charge is 0.434 e. The summed E-state index contributed by atoms with van der Waals surface area (Å²) in [5.74, 6) is -0.512. The minimum atomic E-state index is -0.674. The molecule has 10 heteroatoms. The number of anilines is 1. The number of nitro groups is 1. The molecule has 0 fully saturated rings. The molecule has 148 valence electrons. The highest BCUT2D eigenvalue weighted by Crippen LogP contribution is 2.34. The molecule has 0 saturated heterocycles. The average Bonchev–Trinajstić information content (AvgIpc) is 2.65. The first-order valence-corrected chi connectivity index (χ1v) is 9.20. The van der Waals surface area contributed by atoms with E-state index in [9.17, 15) is 14.9 Å². The topological polar surface area (TPSA) is 119 Å². The van der Waals surface area contributed by atoms with Crippen molar-refractivity contribution < 1.29 is 14.5 Å². The Morgan fingerprint density at radius 2 is 1.76 bits per heavy atom. The molecule has 0 aliphatic heterocycles. The summed E-state index contributed by atoms with van der Waals surface area (Å²) >= 11 is 3.29. The third-order valence-electron chi connectivity index (χ3n) is 3.78. The van der Waals surface area contributed by atoms with E-state index >= 15 is 0 Å². The number of nitrogens with one attached hydrogen (secondary N) is 2. The molecule has 0 radical (unpaired) electrons. The SMILES string of the molecule is Cc1cc(C)cc(Oc2ncnc(NNC(=O)c3ccc(Br)cc3)c2[N+](=O)[O-])c1. The zero-order chi connectivity index (χ0) is 21.0. The van der Waals surface area contributed by atoms with Crippen molar-refractivity contribution in [2.75, 3.05) is 5.43 Å². The molecule has 0 unspecified atom stereocenters. The smallest absolute Gasteiger partial charge is 0.374 e. The van der Waals surface area contributed by atoms with E-state index in [0.717, 1.165) is 21.9 Å². The first kappa shape index (κ1) is 20.2. The molecule has 2 aromatic carbocycles. The van der Waals surface area contributed by atoms with Gasteiger partial charge in [-0.1, -0.05) is 22.0 Å². The number of ether oxygens (including phenoxy) is 1. The number of benzene rings is 2. The van der Waals surface area contributed by atoms with Gasteiger partial charge in [-0.25, -0.2) is 4.98 Å². The third-order valence-corrected chi connectivity index (χ3v) is 4.31. The molecule has 1 aromatic heterocycles. The van der Waals surface area contributed by atoms with Gasteiger partial charge in [0.05, 0.1) is 4.92 Å². The van der Waals surface area contributed by atoms with Gasteiger partial charge in [0.2, 0.25) is 5.82 Å². The number of halogens is 1. The van der Waals surface area contributed by atoms with E-state index in [1.165, 1.54) is 0 Å². The van der Waals surface area contributed by atoms with Gasteiger partial charge in [0.25, 0.3) is 5.91 Å². The van der Waals surface area contributed by atoms with Crippen molar-refractivity contribution in [3.05, 3.63) is 80.1 Å². The number of nitrogens with zero attached hydrogens (tertiary/aromatic N) is 3. The second kappa shape index (κ2) is 8.65. The number of hydrazine groups is 1. The number of carbonyl (C=O) groups is 1. The van der Waals surface area contributed by atoms with Gasteiger partial charge in [0.15, 0.2) is 0 Å². The number of aromatic nitrogens is 2.